The minimum absolute atomic E-state index is 0.0813. The Bertz CT molecular complexity index is 1050. The number of rotatable bonds is 8. The molecule has 0 saturated heterocycles. The van der Waals surface area contributed by atoms with E-state index in [0.29, 0.717) is 17.5 Å². The van der Waals surface area contributed by atoms with Crippen molar-refractivity contribution in [2.45, 2.75) is 32.3 Å². The number of hydrogen-bond acceptors (Lipinski definition) is 5. The van der Waals surface area contributed by atoms with E-state index in [9.17, 15) is 14.7 Å². The Labute approximate surface area is 176 Å². The van der Waals surface area contributed by atoms with E-state index in [0.717, 1.165) is 34.1 Å². The molecule has 0 aromatic heterocycles. The zero-order valence-corrected chi connectivity index (χ0v) is 17.5. The van der Waals surface area contributed by atoms with Crippen molar-refractivity contribution in [2.24, 2.45) is 0 Å². The van der Waals surface area contributed by atoms with E-state index in [1.54, 1.807) is 31.4 Å². The fourth-order valence-electron chi connectivity index (χ4n) is 3.63. The van der Waals surface area contributed by atoms with Crippen LogP contribution in [-0.4, -0.2) is 31.1 Å². The number of fused-ring (bicyclic) bond motifs is 1. The molecule has 0 spiro atoms. The lowest BCUT2D eigenvalue weighted by molar-refractivity contribution is 0.0600. The summed E-state index contributed by atoms with van der Waals surface area (Å²) >= 11 is 0. The second-order valence-corrected chi connectivity index (χ2v) is 7.13. The van der Waals surface area contributed by atoms with Gasteiger partial charge in [0, 0.05) is 17.5 Å². The van der Waals surface area contributed by atoms with Gasteiger partial charge in [0.25, 0.3) is 0 Å². The van der Waals surface area contributed by atoms with Crippen LogP contribution in [0.15, 0.2) is 54.6 Å². The van der Waals surface area contributed by atoms with Crippen LogP contribution >= 0.6 is 0 Å². The van der Waals surface area contributed by atoms with Gasteiger partial charge in [-0.1, -0.05) is 37.3 Å². The molecular weight excluding hydrogens is 380 g/mol. The van der Waals surface area contributed by atoms with Gasteiger partial charge in [-0.25, -0.2) is 4.79 Å². The largest absolute Gasteiger partial charge is 0.496 e. The lowest BCUT2D eigenvalue weighted by atomic mass is 9.95. The van der Waals surface area contributed by atoms with Gasteiger partial charge in [-0.15, -0.1) is 0 Å². The highest BCUT2D eigenvalue weighted by atomic mass is 16.5. The van der Waals surface area contributed by atoms with Gasteiger partial charge in [0.05, 0.1) is 25.9 Å². The Morgan fingerprint density at radius 1 is 0.967 bits per heavy atom. The van der Waals surface area contributed by atoms with Crippen molar-refractivity contribution in [3.8, 4) is 5.75 Å². The van der Waals surface area contributed by atoms with Crippen LogP contribution in [0.5, 0.6) is 5.75 Å². The lowest BCUT2D eigenvalue weighted by Crippen LogP contribution is -2.06. The molecule has 0 amide bonds. The molecule has 0 heterocycles. The van der Waals surface area contributed by atoms with E-state index >= 15 is 0 Å². The van der Waals surface area contributed by atoms with E-state index < -0.39 is 12.1 Å². The third-order valence-electron chi connectivity index (χ3n) is 5.35. The van der Waals surface area contributed by atoms with Crippen LogP contribution < -0.4 is 4.74 Å². The average Bonchev–Trinajstić information content (AvgIpc) is 2.80. The number of benzene rings is 3. The van der Waals surface area contributed by atoms with Crippen LogP contribution in [-0.2, 0) is 11.2 Å². The van der Waals surface area contributed by atoms with Gasteiger partial charge in [0.2, 0.25) is 0 Å². The fraction of sp³-hybridized carbons (Fsp3) is 0.280. The van der Waals surface area contributed by atoms with Gasteiger partial charge in [0.1, 0.15) is 5.75 Å². The van der Waals surface area contributed by atoms with Crippen LogP contribution in [0.2, 0.25) is 0 Å². The summed E-state index contributed by atoms with van der Waals surface area (Å²) in [5.74, 6) is 0.313. The molecule has 0 bridgehead atoms. The van der Waals surface area contributed by atoms with E-state index in [-0.39, 0.29) is 12.2 Å². The summed E-state index contributed by atoms with van der Waals surface area (Å²) in [6, 6.07) is 16.2. The number of carbonyl (C=O) groups is 2. The van der Waals surface area contributed by atoms with Gasteiger partial charge in [-0.3, -0.25) is 4.79 Å². The van der Waals surface area contributed by atoms with Crippen molar-refractivity contribution in [1.29, 1.82) is 0 Å². The first kappa shape index (κ1) is 21.5. The van der Waals surface area contributed by atoms with Gasteiger partial charge >= 0.3 is 5.97 Å². The Kier molecular flexibility index (Phi) is 6.85. The maximum atomic E-state index is 12.5. The smallest absolute Gasteiger partial charge is 0.337 e. The first-order valence-electron chi connectivity index (χ1n) is 9.97. The normalized spacial score (nSPS) is 11.9. The van der Waals surface area contributed by atoms with Crippen LogP contribution in [0.25, 0.3) is 10.8 Å². The highest BCUT2D eigenvalue weighted by Gasteiger charge is 2.15. The van der Waals surface area contributed by atoms with Crippen molar-refractivity contribution in [2.75, 3.05) is 14.2 Å². The minimum atomic E-state index is -0.747. The van der Waals surface area contributed by atoms with Crippen LogP contribution in [0.3, 0.4) is 0 Å². The first-order valence-corrected chi connectivity index (χ1v) is 9.97. The second-order valence-electron chi connectivity index (χ2n) is 7.13. The molecule has 5 heteroatoms. The number of aryl methyl sites for hydroxylation is 1. The molecule has 30 heavy (non-hydrogen) atoms. The van der Waals surface area contributed by atoms with Crippen LogP contribution in [0, 0.1) is 0 Å². The van der Waals surface area contributed by atoms with E-state index in [1.165, 1.54) is 7.11 Å². The van der Waals surface area contributed by atoms with Gasteiger partial charge < -0.3 is 14.6 Å². The SMILES string of the molecule is CCc1c(OC)ccc2ccc(C(O)CCC(=O)c3ccc(C(=O)OC)cc3)cc12. The number of esters is 1. The Morgan fingerprint density at radius 2 is 1.63 bits per heavy atom. The molecule has 3 aromatic rings. The van der Waals surface area contributed by atoms with Crippen LogP contribution in [0.1, 0.15) is 57.7 Å². The summed E-state index contributed by atoms with van der Waals surface area (Å²) < 4.78 is 10.1. The number of carbonyl (C=O) groups excluding carboxylic acids is 2. The summed E-state index contributed by atoms with van der Waals surface area (Å²) in [5, 5.41) is 12.8. The summed E-state index contributed by atoms with van der Waals surface area (Å²) in [7, 11) is 2.97. The first-order chi connectivity index (χ1) is 14.5. The van der Waals surface area contributed by atoms with Crippen molar-refractivity contribution >= 4 is 22.5 Å². The van der Waals surface area contributed by atoms with Gasteiger partial charge in [-0.05, 0) is 53.4 Å². The molecule has 0 saturated carbocycles. The summed E-state index contributed by atoms with van der Waals surface area (Å²) in [6.45, 7) is 2.07. The number of Topliss-reactive ketones (excluding diaryl/α,β-unsaturated/α-hetero) is 1. The quantitative estimate of drug-likeness (QED) is 0.426. The highest BCUT2D eigenvalue weighted by molar-refractivity contribution is 5.97. The molecule has 5 nitrogen and oxygen atoms in total. The highest BCUT2D eigenvalue weighted by Crippen LogP contribution is 2.31. The Balaban J connectivity index is 1.72. The number of aliphatic hydroxyl groups excluding tert-OH is 1. The summed E-state index contributed by atoms with van der Waals surface area (Å²) in [6.07, 6.45) is 0.591. The molecule has 0 aliphatic rings. The monoisotopic (exact) mass is 406 g/mol. The average molecular weight is 406 g/mol. The van der Waals surface area contributed by atoms with Gasteiger partial charge in [0.15, 0.2) is 5.78 Å². The Hall–Kier alpha value is -3.18. The van der Waals surface area contributed by atoms with Crippen molar-refractivity contribution in [1.82, 2.24) is 0 Å². The number of hydrogen-bond donors (Lipinski definition) is 1. The number of ether oxygens (including phenoxy) is 2. The maximum Gasteiger partial charge on any atom is 0.337 e. The Morgan fingerprint density at radius 3 is 2.27 bits per heavy atom. The van der Waals surface area contributed by atoms with Crippen molar-refractivity contribution < 1.29 is 24.2 Å². The topological polar surface area (TPSA) is 72.8 Å². The zero-order chi connectivity index (χ0) is 21.7. The maximum absolute atomic E-state index is 12.5. The fourth-order valence-corrected chi connectivity index (χ4v) is 3.63. The number of ketones is 1. The molecule has 0 aliphatic heterocycles. The molecule has 3 rings (SSSR count). The molecule has 0 aliphatic carbocycles. The third kappa shape index (κ3) is 4.52. The number of aliphatic hydroxyl groups is 1. The standard InChI is InChI=1S/C25H26O5/c1-4-20-21-15-19(10-5-16(21)11-14-24(20)29-2)23(27)13-12-22(26)17-6-8-18(9-7-17)25(28)30-3/h5-11,14-15,23,27H,4,12-13H2,1-3H3. The molecule has 3 aromatic carbocycles. The van der Waals surface area contributed by atoms with E-state index in [2.05, 4.69) is 11.7 Å². The summed E-state index contributed by atoms with van der Waals surface area (Å²) in [5.41, 5.74) is 2.78. The molecule has 1 atom stereocenters. The van der Waals surface area contributed by atoms with Crippen molar-refractivity contribution in [3.05, 3.63) is 76.9 Å². The van der Waals surface area contributed by atoms with E-state index in [1.807, 2.05) is 30.3 Å². The molecule has 0 radical (unpaired) electrons. The van der Waals surface area contributed by atoms with Gasteiger partial charge in [-0.2, -0.15) is 0 Å². The zero-order valence-electron chi connectivity index (χ0n) is 17.5. The summed E-state index contributed by atoms with van der Waals surface area (Å²) in [4.78, 5) is 24.0. The predicted octanol–water partition coefficient (Wildman–Crippen LogP) is 4.89. The molecule has 156 valence electrons. The van der Waals surface area contributed by atoms with Crippen LogP contribution in [0.4, 0.5) is 0 Å². The predicted molar refractivity (Wildman–Crippen MR) is 116 cm³/mol. The molecule has 1 N–H and O–H groups in total. The van der Waals surface area contributed by atoms with E-state index in [4.69, 9.17) is 4.74 Å². The second kappa shape index (κ2) is 9.55. The third-order valence-corrected chi connectivity index (χ3v) is 5.35. The molecule has 0 fully saturated rings. The van der Waals surface area contributed by atoms with Crippen molar-refractivity contribution in [3.63, 3.8) is 0 Å². The minimum Gasteiger partial charge on any atom is -0.496 e. The molecule has 1 unspecified atom stereocenters. The lowest BCUT2D eigenvalue weighted by Gasteiger charge is -2.15. The number of methoxy groups -OCH3 is 2. The molecular formula is C25H26O5.